The third kappa shape index (κ3) is 2.55. The van der Waals surface area contributed by atoms with Gasteiger partial charge in [-0.3, -0.25) is 10.1 Å². The van der Waals surface area contributed by atoms with E-state index in [9.17, 15) is 0 Å². The van der Waals surface area contributed by atoms with Crippen LogP contribution >= 0.6 is 0 Å². The Hall–Kier alpha value is -4.46. The number of aromatic amines is 2. The topological polar surface area (TPSA) is 122 Å². The molecule has 0 unspecified atom stereocenters. The van der Waals surface area contributed by atoms with Crippen molar-refractivity contribution in [3.8, 4) is 33.8 Å². The number of H-pyrrole nitrogens is 2. The molecule has 0 amide bonds. The lowest BCUT2D eigenvalue weighted by Crippen LogP contribution is -1.88. The average molecular weight is 393 g/mol. The Labute approximate surface area is 169 Å². The number of nitrogens with zero attached hydrogens (tertiary/aromatic N) is 4. The highest BCUT2D eigenvalue weighted by Gasteiger charge is 2.16. The fraction of sp³-hybridized carbons (Fsp3) is 0. The Morgan fingerprint density at radius 2 is 1.93 bits per heavy atom. The summed E-state index contributed by atoms with van der Waals surface area (Å²) in [4.78, 5) is 16.7. The summed E-state index contributed by atoms with van der Waals surface area (Å²) in [7, 11) is 0. The third-order valence-electron chi connectivity index (χ3n) is 5.10. The van der Waals surface area contributed by atoms with Crippen molar-refractivity contribution in [1.82, 2.24) is 30.1 Å². The molecule has 6 rings (SSSR count). The zero-order valence-electron chi connectivity index (χ0n) is 15.6. The highest BCUT2D eigenvalue weighted by Crippen LogP contribution is 2.32. The van der Waals surface area contributed by atoms with Crippen molar-refractivity contribution in [3.63, 3.8) is 0 Å². The molecule has 6 aromatic rings. The van der Waals surface area contributed by atoms with E-state index < -0.39 is 0 Å². The molecule has 0 radical (unpaired) electrons. The Kier molecular flexibility index (Phi) is 3.45. The van der Waals surface area contributed by atoms with Crippen LogP contribution in [0.2, 0.25) is 0 Å². The number of rotatable bonds is 3. The maximum absolute atomic E-state index is 5.90. The number of anilines is 1. The van der Waals surface area contributed by atoms with E-state index in [2.05, 4.69) is 36.2 Å². The second-order valence-corrected chi connectivity index (χ2v) is 6.99. The molecule has 144 valence electrons. The normalized spacial score (nSPS) is 11.5. The van der Waals surface area contributed by atoms with Crippen LogP contribution in [0.1, 0.15) is 0 Å². The van der Waals surface area contributed by atoms with Gasteiger partial charge in [0.1, 0.15) is 5.69 Å². The SMILES string of the molecule is Nc1cncc(-c2ccc3[nH]nc(-c4nc5nccc(-c6ccoc6)c5[nH]4)c3c2)c1. The average Bonchev–Trinajstić information content (AvgIpc) is 3.51. The Morgan fingerprint density at radius 1 is 0.967 bits per heavy atom. The molecule has 8 heteroatoms. The van der Waals surface area contributed by atoms with Crippen molar-refractivity contribution >= 4 is 27.8 Å². The van der Waals surface area contributed by atoms with Crippen LogP contribution in [0.4, 0.5) is 5.69 Å². The smallest absolute Gasteiger partial charge is 0.178 e. The predicted octanol–water partition coefficient (Wildman–Crippen LogP) is 4.41. The van der Waals surface area contributed by atoms with Gasteiger partial charge in [-0.15, -0.1) is 0 Å². The van der Waals surface area contributed by atoms with Gasteiger partial charge in [-0.05, 0) is 35.9 Å². The minimum Gasteiger partial charge on any atom is -0.472 e. The summed E-state index contributed by atoms with van der Waals surface area (Å²) in [6.07, 6.45) is 8.50. The summed E-state index contributed by atoms with van der Waals surface area (Å²) in [5.74, 6) is 0.641. The lowest BCUT2D eigenvalue weighted by molar-refractivity contribution is 0.568. The molecule has 0 aliphatic rings. The van der Waals surface area contributed by atoms with Crippen LogP contribution in [0.5, 0.6) is 0 Å². The van der Waals surface area contributed by atoms with Crippen molar-refractivity contribution in [3.05, 3.63) is 67.5 Å². The van der Waals surface area contributed by atoms with Gasteiger partial charge in [0.15, 0.2) is 11.5 Å². The standard InChI is InChI=1S/C22H15N7O/c23-15-7-14(9-24-10-15)12-1-2-18-17(8-12)20(29-28-18)22-26-19-16(13-4-6-30-11-13)3-5-25-21(19)27-22/h1-11H,23H2,(H,28,29)(H,25,26,27). The van der Waals surface area contributed by atoms with Gasteiger partial charge in [-0.25, -0.2) is 9.97 Å². The number of benzene rings is 1. The molecule has 0 saturated carbocycles. The van der Waals surface area contributed by atoms with E-state index in [1.165, 1.54) is 0 Å². The first kappa shape index (κ1) is 16.5. The summed E-state index contributed by atoms with van der Waals surface area (Å²) in [6.45, 7) is 0. The predicted molar refractivity (Wildman–Crippen MR) is 114 cm³/mol. The molecule has 0 atom stereocenters. The Bertz CT molecular complexity index is 1510. The second-order valence-electron chi connectivity index (χ2n) is 6.99. The monoisotopic (exact) mass is 393 g/mol. The summed E-state index contributed by atoms with van der Waals surface area (Å²) in [6, 6.07) is 11.8. The summed E-state index contributed by atoms with van der Waals surface area (Å²) < 4.78 is 5.23. The summed E-state index contributed by atoms with van der Waals surface area (Å²) in [5.41, 5.74) is 13.5. The summed E-state index contributed by atoms with van der Waals surface area (Å²) >= 11 is 0. The molecule has 0 saturated heterocycles. The fourth-order valence-electron chi connectivity index (χ4n) is 3.67. The Balaban J connectivity index is 1.52. The molecule has 30 heavy (non-hydrogen) atoms. The molecular weight excluding hydrogens is 378 g/mol. The number of nitrogens with one attached hydrogen (secondary N) is 2. The van der Waals surface area contributed by atoms with Crippen LogP contribution in [0, 0.1) is 0 Å². The third-order valence-corrected chi connectivity index (χ3v) is 5.10. The van der Waals surface area contributed by atoms with Crippen molar-refractivity contribution < 1.29 is 4.42 Å². The highest BCUT2D eigenvalue weighted by atomic mass is 16.3. The highest BCUT2D eigenvalue weighted by molar-refractivity contribution is 5.97. The number of hydrogen-bond donors (Lipinski definition) is 3. The molecule has 0 bridgehead atoms. The summed E-state index contributed by atoms with van der Waals surface area (Å²) in [5, 5.41) is 8.52. The lowest BCUT2D eigenvalue weighted by atomic mass is 10.0. The zero-order valence-corrected chi connectivity index (χ0v) is 15.6. The van der Waals surface area contributed by atoms with Crippen LogP contribution in [0.3, 0.4) is 0 Å². The van der Waals surface area contributed by atoms with Gasteiger partial charge in [-0.1, -0.05) is 6.07 Å². The van der Waals surface area contributed by atoms with Gasteiger partial charge in [0, 0.05) is 40.7 Å². The molecule has 4 N–H and O–H groups in total. The molecule has 0 fully saturated rings. The van der Waals surface area contributed by atoms with Gasteiger partial charge < -0.3 is 15.1 Å². The van der Waals surface area contributed by atoms with E-state index in [0.29, 0.717) is 17.2 Å². The molecule has 5 heterocycles. The van der Waals surface area contributed by atoms with Crippen molar-refractivity contribution in [2.24, 2.45) is 0 Å². The quantitative estimate of drug-likeness (QED) is 0.409. The zero-order chi connectivity index (χ0) is 20.1. The molecule has 8 nitrogen and oxygen atoms in total. The van der Waals surface area contributed by atoms with Crippen LogP contribution < -0.4 is 5.73 Å². The van der Waals surface area contributed by atoms with Crippen molar-refractivity contribution in [1.29, 1.82) is 0 Å². The number of furan rings is 1. The van der Waals surface area contributed by atoms with Gasteiger partial charge in [0.05, 0.1) is 29.2 Å². The van der Waals surface area contributed by atoms with Crippen molar-refractivity contribution in [2.45, 2.75) is 0 Å². The van der Waals surface area contributed by atoms with E-state index in [4.69, 9.17) is 10.2 Å². The van der Waals surface area contributed by atoms with Crippen LogP contribution in [-0.2, 0) is 0 Å². The van der Waals surface area contributed by atoms with E-state index in [0.717, 1.165) is 44.4 Å². The van der Waals surface area contributed by atoms with Crippen LogP contribution in [0.25, 0.3) is 55.8 Å². The van der Waals surface area contributed by atoms with Gasteiger partial charge in [0.2, 0.25) is 0 Å². The first-order chi connectivity index (χ1) is 14.8. The van der Waals surface area contributed by atoms with E-state index in [1.807, 2.05) is 30.3 Å². The number of fused-ring (bicyclic) bond motifs is 2. The second kappa shape index (κ2) is 6.28. The number of aromatic nitrogens is 6. The van der Waals surface area contributed by atoms with E-state index in [-0.39, 0.29) is 0 Å². The van der Waals surface area contributed by atoms with Gasteiger partial charge in [-0.2, -0.15) is 5.10 Å². The molecular formula is C22H15N7O. The first-order valence-electron chi connectivity index (χ1n) is 9.33. The number of hydrogen-bond acceptors (Lipinski definition) is 6. The lowest BCUT2D eigenvalue weighted by Gasteiger charge is -2.03. The largest absolute Gasteiger partial charge is 0.472 e. The molecule has 0 spiro atoms. The van der Waals surface area contributed by atoms with E-state index in [1.54, 1.807) is 31.1 Å². The number of nitrogen functional groups attached to an aromatic ring is 1. The fourth-order valence-corrected chi connectivity index (χ4v) is 3.67. The van der Waals surface area contributed by atoms with E-state index >= 15 is 0 Å². The maximum Gasteiger partial charge on any atom is 0.178 e. The van der Waals surface area contributed by atoms with Crippen LogP contribution in [0.15, 0.2) is 71.9 Å². The number of pyridine rings is 2. The maximum atomic E-state index is 5.90. The minimum atomic E-state index is 0.621. The van der Waals surface area contributed by atoms with Gasteiger partial charge >= 0.3 is 0 Å². The number of nitrogens with two attached hydrogens (primary N) is 1. The molecule has 5 aromatic heterocycles. The molecule has 0 aliphatic heterocycles. The minimum absolute atomic E-state index is 0.621. The van der Waals surface area contributed by atoms with Gasteiger partial charge in [0.25, 0.3) is 0 Å². The Morgan fingerprint density at radius 3 is 2.80 bits per heavy atom. The van der Waals surface area contributed by atoms with Crippen molar-refractivity contribution in [2.75, 3.05) is 5.73 Å². The first-order valence-corrected chi connectivity index (χ1v) is 9.33. The van der Waals surface area contributed by atoms with Crippen LogP contribution in [-0.4, -0.2) is 30.1 Å². The molecule has 0 aliphatic carbocycles. The molecule has 1 aromatic carbocycles. The number of imidazole rings is 1.